The van der Waals surface area contributed by atoms with Gasteiger partial charge in [-0.1, -0.05) is 54.6 Å². The number of aromatic amines is 1. The van der Waals surface area contributed by atoms with E-state index in [9.17, 15) is 18.7 Å². The summed E-state index contributed by atoms with van der Waals surface area (Å²) in [6, 6.07) is 19.4. The highest BCUT2D eigenvalue weighted by atomic mass is 19.3. The lowest BCUT2D eigenvalue weighted by Crippen LogP contribution is -2.12. The van der Waals surface area contributed by atoms with E-state index in [0.29, 0.717) is 73.3 Å². The third-order valence-corrected chi connectivity index (χ3v) is 7.41. The van der Waals surface area contributed by atoms with Crippen LogP contribution in [0.1, 0.15) is 41.0 Å². The minimum absolute atomic E-state index is 0.111. The largest absolute Gasteiger partial charge is 0.493 e. The van der Waals surface area contributed by atoms with Crippen LogP contribution in [0.3, 0.4) is 0 Å². The van der Waals surface area contributed by atoms with E-state index in [1.165, 1.54) is 0 Å². The maximum Gasteiger partial charge on any atom is 0.388 e. The molecule has 41 heavy (non-hydrogen) atoms. The van der Waals surface area contributed by atoms with Gasteiger partial charge in [-0.25, -0.2) is 9.89 Å². The summed E-state index contributed by atoms with van der Waals surface area (Å²) in [5.41, 5.74) is 2.86. The van der Waals surface area contributed by atoms with Gasteiger partial charge in [-0.05, 0) is 42.7 Å². The molecule has 5 aromatic rings. The molecule has 1 aliphatic rings. The molecule has 8 nitrogen and oxygen atoms in total. The number of carboxylic acid groups (broad SMARTS) is 1. The fourth-order valence-electron chi connectivity index (χ4n) is 5.72. The van der Waals surface area contributed by atoms with Gasteiger partial charge in [0.25, 0.3) is 0 Å². The molecule has 0 fully saturated rings. The van der Waals surface area contributed by atoms with Crippen LogP contribution < -0.4 is 9.47 Å². The summed E-state index contributed by atoms with van der Waals surface area (Å²) in [6.45, 7) is -1.69. The summed E-state index contributed by atoms with van der Waals surface area (Å²) in [5, 5.41) is 20.0. The number of aromatic carboxylic acids is 1. The summed E-state index contributed by atoms with van der Waals surface area (Å²) in [5.74, 6) is -0.443. The standard InChI is InChI=1S/C31H29F2N3O5/c32-31(33)41-29-26-23-12-6-11-21-22(13-7-17-40-25-14-5-9-19-8-1-2-10-20(19)25)28(30(37)38)36(27(21)23)15-3-4-16-39-18-24(26)34-35-29/h1-2,5-6,8-12,14,31H,3-4,7,13,15-18H2,(H,34,35)(H,37,38). The van der Waals surface area contributed by atoms with Crippen molar-refractivity contribution in [2.75, 3.05) is 13.2 Å². The van der Waals surface area contributed by atoms with E-state index in [2.05, 4.69) is 10.2 Å². The number of aromatic nitrogens is 3. The lowest BCUT2D eigenvalue weighted by atomic mass is 9.99. The van der Waals surface area contributed by atoms with Gasteiger partial charge in [0.1, 0.15) is 11.4 Å². The van der Waals surface area contributed by atoms with Gasteiger partial charge in [0.15, 0.2) is 0 Å². The Kier molecular flexibility index (Phi) is 7.56. The lowest BCUT2D eigenvalue weighted by Gasteiger charge is -2.12. The molecular formula is C31H29F2N3O5. The molecular weight excluding hydrogens is 532 g/mol. The number of alkyl halides is 2. The van der Waals surface area contributed by atoms with Crippen LogP contribution in [0.15, 0.2) is 60.7 Å². The number of carboxylic acids is 1. The second kappa shape index (κ2) is 11.6. The lowest BCUT2D eigenvalue weighted by molar-refractivity contribution is -0.0525. The summed E-state index contributed by atoms with van der Waals surface area (Å²) in [6.07, 6.45) is 2.43. The van der Waals surface area contributed by atoms with Gasteiger partial charge in [0.05, 0.1) is 30.0 Å². The highest BCUT2D eigenvalue weighted by Gasteiger charge is 2.28. The molecule has 0 radical (unpaired) electrons. The van der Waals surface area contributed by atoms with Crippen LogP contribution in [0, 0.1) is 0 Å². The van der Waals surface area contributed by atoms with Gasteiger partial charge >= 0.3 is 12.6 Å². The maximum atomic E-state index is 13.3. The SMILES string of the molecule is O=C(O)c1c(CCCOc2cccc3ccccc23)c2cccc3c2n1CCCCOCc1n[nH]c(OC(F)F)c1-3. The number of halogens is 2. The summed E-state index contributed by atoms with van der Waals surface area (Å²) in [7, 11) is 0. The molecule has 0 bridgehead atoms. The third-order valence-electron chi connectivity index (χ3n) is 7.41. The van der Waals surface area contributed by atoms with Crippen LogP contribution in [0.4, 0.5) is 8.78 Å². The third kappa shape index (κ3) is 5.22. The molecule has 3 heterocycles. The van der Waals surface area contributed by atoms with Crippen molar-refractivity contribution < 1.29 is 32.9 Å². The smallest absolute Gasteiger partial charge is 0.388 e. The van der Waals surface area contributed by atoms with E-state index >= 15 is 0 Å². The fraction of sp³-hybridized carbons (Fsp3) is 0.290. The second-order valence-corrected chi connectivity index (χ2v) is 9.93. The normalized spacial score (nSPS) is 13.7. The summed E-state index contributed by atoms with van der Waals surface area (Å²) >= 11 is 0. The topological polar surface area (TPSA) is 98.6 Å². The second-order valence-electron chi connectivity index (χ2n) is 9.93. The average molecular weight is 562 g/mol. The van der Waals surface area contributed by atoms with Gasteiger partial charge in [-0.15, -0.1) is 0 Å². The zero-order valence-electron chi connectivity index (χ0n) is 22.2. The van der Waals surface area contributed by atoms with Crippen LogP contribution in [-0.4, -0.2) is 45.7 Å². The molecule has 212 valence electrons. The predicted molar refractivity (Wildman–Crippen MR) is 150 cm³/mol. The first-order chi connectivity index (χ1) is 20.0. The van der Waals surface area contributed by atoms with E-state index in [-0.39, 0.29) is 18.2 Å². The van der Waals surface area contributed by atoms with Gasteiger partial charge in [-0.3, -0.25) is 0 Å². The summed E-state index contributed by atoms with van der Waals surface area (Å²) in [4.78, 5) is 12.7. The monoisotopic (exact) mass is 561 g/mol. The average Bonchev–Trinajstić information content (AvgIpc) is 3.49. The quantitative estimate of drug-likeness (QED) is 0.202. The molecule has 6 rings (SSSR count). The number of ether oxygens (including phenoxy) is 3. The number of aryl methyl sites for hydroxylation is 2. The van der Waals surface area contributed by atoms with Gasteiger partial charge in [0.2, 0.25) is 5.88 Å². The molecule has 0 atom stereocenters. The molecule has 0 saturated heterocycles. The molecule has 0 spiro atoms. The predicted octanol–water partition coefficient (Wildman–Crippen LogP) is 6.81. The number of rotatable bonds is 8. The van der Waals surface area contributed by atoms with E-state index in [1.807, 2.05) is 48.5 Å². The number of benzene rings is 3. The maximum absolute atomic E-state index is 13.3. The number of hydrogen-bond donors (Lipinski definition) is 2. The van der Waals surface area contributed by atoms with E-state index in [0.717, 1.165) is 21.9 Å². The number of fused-ring (bicyclic) bond motifs is 3. The van der Waals surface area contributed by atoms with E-state index < -0.39 is 12.6 Å². The Morgan fingerprint density at radius 3 is 2.73 bits per heavy atom. The van der Waals surface area contributed by atoms with Crippen molar-refractivity contribution in [2.24, 2.45) is 0 Å². The van der Waals surface area contributed by atoms with Crippen molar-refractivity contribution in [3.8, 4) is 22.8 Å². The zero-order valence-corrected chi connectivity index (χ0v) is 22.2. The van der Waals surface area contributed by atoms with Crippen LogP contribution in [-0.2, 0) is 24.3 Å². The molecule has 1 aliphatic heterocycles. The Morgan fingerprint density at radius 1 is 1.07 bits per heavy atom. The molecule has 2 aromatic heterocycles. The molecule has 10 heteroatoms. The van der Waals surface area contributed by atoms with Crippen molar-refractivity contribution in [1.82, 2.24) is 14.8 Å². The number of carbonyl (C=O) groups is 1. The highest BCUT2D eigenvalue weighted by Crippen LogP contribution is 2.41. The zero-order chi connectivity index (χ0) is 28.3. The number of nitrogens with one attached hydrogen (secondary N) is 1. The first-order valence-corrected chi connectivity index (χ1v) is 13.6. The van der Waals surface area contributed by atoms with Crippen molar-refractivity contribution in [1.29, 1.82) is 0 Å². The van der Waals surface area contributed by atoms with Crippen molar-refractivity contribution in [2.45, 2.75) is 45.4 Å². The highest BCUT2D eigenvalue weighted by molar-refractivity contribution is 6.04. The molecule has 0 amide bonds. The van der Waals surface area contributed by atoms with E-state index in [1.54, 1.807) is 16.7 Å². The van der Waals surface area contributed by atoms with Gasteiger partial charge < -0.3 is 23.9 Å². The Balaban J connectivity index is 1.40. The fourth-order valence-corrected chi connectivity index (χ4v) is 5.72. The minimum atomic E-state index is -3.06. The van der Waals surface area contributed by atoms with E-state index in [4.69, 9.17) is 14.2 Å². The molecule has 3 aromatic carbocycles. The van der Waals surface area contributed by atoms with Crippen LogP contribution >= 0.6 is 0 Å². The Labute approximate surface area is 234 Å². The number of para-hydroxylation sites is 1. The Morgan fingerprint density at radius 2 is 1.88 bits per heavy atom. The first kappa shape index (κ1) is 26.8. The van der Waals surface area contributed by atoms with Gasteiger partial charge in [-0.2, -0.15) is 13.9 Å². The molecule has 0 unspecified atom stereocenters. The molecule has 2 N–H and O–H groups in total. The minimum Gasteiger partial charge on any atom is -0.493 e. The number of nitrogens with zero attached hydrogens (tertiary/aromatic N) is 2. The Hall–Kier alpha value is -4.44. The molecule has 0 aliphatic carbocycles. The van der Waals surface area contributed by atoms with Gasteiger partial charge in [0, 0.05) is 29.5 Å². The number of hydrogen-bond acceptors (Lipinski definition) is 5. The van der Waals surface area contributed by atoms with Crippen molar-refractivity contribution in [3.05, 3.63) is 77.6 Å². The number of H-pyrrole nitrogens is 1. The Bertz CT molecular complexity index is 1710. The van der Waals surface area contributed by atoms with Crippen molar-refractivity contribution >= 4 is 27.6 Å². The first-order valence-electron chi connectivity index (χ1n) is 13.6. The van der Waals surface area contributed by atoms with Crippen LogP contribution in [0.25, 0.3) is 32.8 Å². The van der Waals surface area contributed by atoms with Crippen LogP contribution in [0.5, 0.6) is 11.6 Å². The van der Waals surface area contributed by atoms with Crippen molar-refractivity contribution in [3.63, 3.8) is 0 Å². The summed E-state index contributed by atoms with van der Waals surface area (Å²) < 4.78 is 45.1. The van der Waals surface area contributed by atoms with Crippen LogP contribution in [0.2, 0.25) is 0 Å². The molecule has 0 saturated carbocycles.